The van der Waals surface area contributed by atoms with Crippen molar-refractivity contribution in [2.45, 2.75) is 19.4 Å². The fourth-order valence-electron chi connectivity index (χ4n) is 3.48. The molecule has 1 aliphatic heterocycles. The number of hydrogen-bond acceptors (Lipinski definition) is 4. The number of esters is 1. The van der Waals surface area contributed by atoms with Gasteiger partial charge in [0.1, 0.15) is 6.61 Å². The van der Waals surface area contributed by atoms with Gasteiger partial charge in [-0.25, -0.2) is 0 Å². The summed E-state index contributed by atoms with van der Waals surface area (Å²) >= 11 is 3.36. The highest BCUT2D eigenvalue weighted by Crippen LogP contribution is 2.30. The van der Waals surface area contributed by atoms with Gasteiger partial charge in [-0.1, -0.05) is 52.3 Å². The highest BCUT2D eigenvalue weighted by atomic mass is 79.9. The number of amides is 2. The third kappa shape index (κ3) is 3.93. The first-order valence-electron chi connectivity index (χ1n) is 9.32. The first-order chi connectivity index (χ1) is 14.0. The van der Waals surface area contributed by atoms with Gasteiger partial charge in [-0.3, -0.25) is 19.3 Å². The Hall–Kier alpha value is -2.99. The van der Waals surface area contributed by atoms with Crippen LogP contribution in [0.2, 0.25) is 0 Å². The highest BCUT2D eigenvalue weighted by Gasteiger charge is 2.32. The van der Waals surface area contributed by atoms with Crippen LogP contribution in [0.5, 0.6) is 0 Å². The van der Waals surface area contributed by atoms with E-state index in [1.54, 1.807) is 12.1 Å². The van der Waals surface area contributed by atoms with E-state index in [-0.39, 0.29) is 37.4 Å². The van der Waals surface area contributed by atoms with Gasteiger partial charge in [0, 0.05) is 34.0 Å². The lowest BCUT2D eigenvalue weighted by Gasteiger charge is -2.27. The highest BCUT2D eigenvalue weighted by molar-refractivity contribution is 9.10. The Morgan fingerprint density at radius 1 is 0.897 bits per heavy atom. The van der Waals surface area contributed by atoms with Crippen molar-refractivity contribution in [2.24, 2.45) is 0 Å². The van der Waals surface area contributed by atoms with Gasteiger partial charge in [0.2, 0.25) is 0 Å². The Kier molecular flexibility index (Phi) is 5.45. The van der Waals surface area contributed by atoms with Crippen molar-refractivity contribution in [1.29, 1.82) is 0 Å². The van der Waals surface area contributed by atoms with Crippen LogP contribution < -0.4 is 0 Å². The summed E-state index contributed by atoms with van der Waals surface area (Å²) in [4.78, 5) is 38.9. The van der Waals surface area contributed by atoms with E-state index in [2.05, 4.69) is 15.9 Å². The molecule has 0 saturated carbocycles. The van der Waals surface area contributed by atoms with Gasteiger partial charge >= 0.3 is 5.97 Å². The molecule has 0 atom stereocenters. The number of nitrogens with zero attached hydrogens (tertiary/aromatic N) is 1. The van der Waals surface area contributed by atoms with Crippen LogP contribution in [0, 0.1) is 0 Å². The van der Waals surface area contributed by atoms with Crippen LogP contribution in [0.4, 0.5) is 0 Å². The molecule has 146 valence electrons. The minimum atomic E-state index is -0.354. The van der Waals surface area contributed by atoms with E-state index in [9.17, 15) is 14.4 Å². The lowest BCUT2D eigenvalue weighted by Crippen LogP contribution is -2.41. The maximum absolute atomic E-state index is 12.8. The van der Waals surface area contributed by atoms with Crippen molar-refractivity contribution in [3.05, 3.63) is 81.8 Å². The van der Waals surface area contributed by atoms with E-state index in [1.807, 2.05) is 48.5 Å². The largest absolute Gasteiger partial charge is 0.461 e. The molecule has 2 amide bonds. The van der Waals surface area contributed by atoms with E-state index in [4.69, 9.17) is 4.74 Å². The van der Waals surface area contributed by atoms with Crippen LogP contribution in [-0.2, 0) is 16.1 Å². The van der Waals surface area contributed by atoms with Crippen LogP contribution >= 0.6 is 15.9 Å². The second kappa shape index (κ2) is 8.17. The molecule has 3 aromatic carbocycles. The quantitative estimate of drug-likeness (QED) is 0.401. The summed E-state index contributed by atoms with van der Waals surface area (Å²) in [6.07, 6.45) is 0.494. The molecule has 0 fully saturated rings. The number of ether oxygens (including phenoxy) is 1. The summed E-state index contributed by atoms with van der Waals surface area (Å²) in [7, 11) is 0. The van der Waals surface area contributed by atoms with Crippen LogP contribution in [0.25, 0.3) is 10.8 Å². The molecule has 0 N–H and O–H groups in total. The predicted molar refractivity (Wildman–Crippen MR) is 112 cm³/mol. The zero-order valence-electron chi connectivity index (χ0n) is 15.6. The van der Waals surface area contributed by atoms with E-state index in [0.29, 0.717) is 22.9 Å². The standard InChI is InChI=1S/C23H18BrNO4/c24-17-11-9-15(10-12-17)14-29-20(26)8-3-13-25-22(27)18-6-1-4-16-5-2-7-19(21(16)18)23(25)28/h1-2,4-7,9-12H,3,8,13-14H2. The fraction of sp³-hybridized carbons (Fsp3) is 0.174. The molecular formula is C23H18BrNO4. The molecule has 0 radical (unpaired) electrons. The van der Waals surface area contributed by atoms with Gasteiger partial charge in [-0.15, -0.1) is 0 Å². The first-order valence-corrected chi connectivity index (χ1v) is 10.1. The maximum atomic E-state index is 12.8. The van der Waals surface area contributed by atoms with Crippen molar-refractivity contribution < 1.29 is 19.1 Å². The van der Waals surface area contributed by atoms with Gasteiger partial charge in [-0.2, -0.15) is 0 Å². The number of rotatable bonds is 6. The van der Waals surface area contributed by atoms with Crippen LogP contribution in [0.15, 0.2) is 65.1 Å². The van der Waals surface area contributed by atoms with E-state index < -0.39 is 0 Å². The lowest BCUT2D eigenvalue weighted by molar-refractivity contribution is -0.145. The van der Waals surface area contributed by atoms with Crippen molar-refractivity contribution in [1.82, 2.24) is 4.90 Å². The Morgan fingerprint density at radius 2 is 1.52 bits per heavy atom. The second-order valence-corrected chi connectivity index (χ2v) is 7.78. The third-order valence-electron chi connectivity index (χ3n) is 4.93. The maximum Gasteiger partial charge on any atom is 0.306 e. The molecule has 29 heavy (non-hydrogen) atoms. The van der Waals surface area contributed by atoms with Crippen LogP contribution in [-0.4, -0.2) is 29.2 Å². The number of halogens is 1. The Bertz CT molecular complexity index is 1060. The van der Waals surface area contributed by atoms with Gasteiger partial charge in [-0.05, 0) is 41.6 Å². The van der Waals surface area contributed by atoms with Gasteiger partial charge < -0.3 is 4.74 Å². The molecule has 6 heteroatoms. The summed E-state index contributed by atoms with van der Waals surface area (Å²) in [5, 5.41) is 1.58. The molecule has 1 aliphatic rings. The number of imide groups is 1. The molecule has 1 heterocycles. The zero-order chi connectivity index (χ0) is 20.4. The Labute approximate surface area is 176 Å². The molecule has 0 bridgehead atoms. The Morgan fingerprint density at radius 3 is 2.14 bits per heavy atom. The molecule has 0 aromatic heterocycles. The van der Waals surface area contributed by atoms with E-state index >= 15 is 0 Å². The predicted octanol–water partition coefficient (Wildman–Crippen LogP) is 4.72. The fourth-order valence-corrected chi connectivity index (χ4v) is 3.75. The monoisotopic (exact) mass is 451 g/mol. The average Bonchev–Trinajstić information content (AvgIpc) is 2.74. The Balaban J connectivity index is 1.36. The smallest absolute Gasteiger partial charge is 0.306 e. The molecule has 4 rings (SSSR count). The summed E-state index contributed by atoms with van der Waals surface area (Å²) in [6, 6.07) is 18.4. The number of carbonyl (C=O) groups excluding carboxylic acids is 3. The van der Waals surface area contributed by atoms with Gasteiger partial charge in [0.25, 0.3) is 11.8 Å². The van der Waals surface area contributed by atoms with E-state index in [0.717, 1.165) is 15.4 Å². The van der Waals surface area contributed by atoms with Crippen molar-refractivity contribution >= 4 is 44.5 Å². The number of hydrogen-bond donors (Lipinski definition) is 0. The minimum absolute atomic E-state index is 0.138. The second-order valence-electron chi connectivity index (χ2n) is 6.86. The van der Waals surface area contributed by atoms with Gasteiger partial charge in [0.05, 0.1) is 0 Å². The van der Waals surface area contributed by atoms with Gasteiger partial charge in [0.15, 0.2) is 0 Å². The van der Waals surface area contributed by atoms with Crippen LogP contribution in [0.3, 0.4) is 0 Å². The lowest BCUT2D eigenvalue weighted by atomic mass is 9.94. The number of carbonyl (C=O) groups is 3. The summed E-state index contributed by atoms with van der Waals surface area (Å²) < 4.78 is 6.23. The normalized spacial score (nSPS) is 13.1. The molecule has 3 aromatic rings. The summed E-state index contributed by atoms with van der Waals surface area (Å²) in [5.74, 6) is -0.989. The molecule has 5 nitrogen and oxygen atoms in total. The molecule has 0 aliphatic carbocycles. The molecule has 0 unspecified atom stereocenters. The zero-order valence-corrected chi connectivity index (χ0v) is 17.1. The first kappa shape index (κ1) is 19.3. The third-order valence-corrected chi connectivity index (χ3v) is 5.46. The summed E-state index contributed by atoms with van der Waals surface area (Å²) in [6.45, 7) is 0.374. The molecular weight excluding hydrogens is 434 g/mol. The van der Waals surface area contributed by atoms with Crippen LogP contribution in [0.1, 0.15) is 39.1 Å². The summed E-state index contributed by atoms with van der Waals surface area (Å²) in [5.41, 5.74) is 1.94. The van der Waals surface area contributed by atoms with Crippen molar-refractivity contribution in [3.8, 4) is 0 Å². The molecule has 0 saturated heterocycles. The average molecular weight is 452 g/mol. The van der Waals surface area contributed by atoms with Crippen molar-refractivity contribution in [3.63, 3.8) is 0 Å². The number of benzene rings is 3. The topological polar surface area (TPSA) is 63.7 Å². The van der Waals surface area contributed by atoms with Crippen molar-refractivity contribution in [2.75, 3.05) is 6.54 Å². The van der Waals surface area contributed by atoms with E-state index in [1.165, 1.54) is 4.90 Å². The SMILES string of the molecule is O=C(CCCN1C(=O)c2cccc3cccc(c23)C1=O)OCc1ccc(Br)cc1. The minimum Gasteiger partial charge on any atom is -0.461 e. The molecule has 0 spiro atoms.